The van der Waals surface area contributed by atoms with Crippen LogP contribution in [0.3, 0.4) is 0 Å². The summed E-state index contributed by atoms with van der Waals surface area (Å²) in [6.07, 6.45) is 1.43. The topological polar surface area (TPSA) is 67.6 Å². The van der Waals surface area contributed by atoms with Crippen molar-refractivity contribution in [3.05, 3.63) is 89.9 Å². The van der Waals surface area contributed by atoms with Crippen LogP contribution in [0.4, 0.5) is 14.5 Å². The van der Waals surface area contributed by atoms with Gasteiger partial charge in [0.2, 0.25) is 0 Å². The quantitative estimate of drug-likeness (QED) is 0.499. The zero-order chi connectivity index (χ0) is 20.6. The Balaban J connectivity index is 1.83. The molecule has 0 bridgehead atoms. The molecule has 0 atom stereocenters. The summed E-state index contributed by atoms with van der Waals surface area (Å²) in [5.74, 6) is -0.456. The molecular formula is C20H16F2N4O2S. The molecule has 2 heterocycles. The van der Waals surface area contributed by atoms with Crippen molar-refractivity contribution in [1.82, 2.24) is 14.6 Å². The van der Waals surface area contributed by atoms with Crippen molar-refractivity contribution in [2.45, 2.75) is 18.4 Å². The molecule has 0 saturated heterocycles. The van der Waals surface area contributed by atoms with Crippen LogP contribution < -0.4 is 4.31 Å². The third kappa shape index (κ3) is 3.68. The van der Waals surface area contributed by atoms with Gasteiger partial charge in [-0.1, -0.05) is 18.2 Å². The highest BCUT2D eigenvalue weighted by Gasteiger charge is 2.26. The molecule has 2 aromatic carbocycles. The third-order valence-corrected chi connectivity index (χ3v) is 6.23. The molecule has 2 aromatic heterocycles. The van der Waals surface area contributed by atoms with Gasteiger partial charge >= 0.3 is 0 Å². The average Bonchev–Trinajstić information content (AvgIpc) is 3.08. The highest BCUT2D eigenvalue weighted by molar-refractivity contribution is 7.92. The monoisotopic (exact) mass is 414 g/mol. The number of fused-ring (bicyclic) bond motifs is 1. The van der Waals surface area contributed by atoms with Gasteiger partial charge in [0.05, 0.1) is 12.2 Å². The number of aromatic nitrogens is 3. The molecule has 0 unspecified atom stereocenters. The van der Waals surface area contributed by atoms with E-state index >= 15 is 0 Å². The fraction of sp³-hybridized carbons (Fsp3) is 0.100. The standard InChI is InChI=1S/C20H16F2N4O2S/c1-14-23-24-20-10-9-19(13-25(14)20)29(27,28)26(18-4-2-3-17(22)11-18)12-15-5-7-16(21)8-6-15/h2-11,13H,12H2,1H3. The number of halogens is 2. The van der Waals surface area contributed by atoms with E-state index in [-0.39, 0.29) is 17.1 Å². The molecule has 9 heteroatoms. The Bertz CT molecular complexity index is 1290. The normalized spacial score (nSPS) is 11.7. The Morgan fingerprint density at radius 1 is 0.966 bits per heavy atom. The van der Waals surface area contributed by atoms with Gasteiger partial charge in [-0.05, 0) is 55.0 Å². The van der Waals surface area contributed by atoms with Gasteiger partial charge in [0.15, 0.2) is 5.65 Å². The molecule has 0 aliphatic heterocycles. The summed E-state index contributed by atoms with van der Waals surface area (Å²) >= 11 is 0. The van der Waals surface area contributed by atoms with Gasteiger partial charge in [0.25, 0.3) is 10.0 Å². The zero-order valence-electron chi connectivity index (χ0n) is 15.3. The minimum absolute atomic E-state index is 0.000673. The van der Waals surface area contributed by atoms with Gasteiger partial charge in [-0.2, -0.15) is 0 Å². The molecule has 0 N–H and O–H groups in total. The van der Waals surface area contributed by atoms with Gasteiger partial charge in [-0.15, -0.1) is 10.2 Å². The van der Waals surface area contributed by atoms with Gasteiger partial charge in [0, 0.05) is 6.20 Å². The first-order valence-electron chi connectivity index (χ1n) is 8.69. The van der Waals surface area contributed by atoms with Crippen molar-refractivity contribution in [2.75, 3.05) is 4.31 Å². The largest absolute Gasteiger partial charge is 0.285 e. The Morgan fingerprint density at radius 2 is 1.72 bits per heavy atom. The maximum Gasteiger partial charge on any atom is 0.266 e. The van der Waals surface area contributed by atoms with Gasteiger partial charge in [0.1, 0.15) is 22.4 Å². The Kier molecular flexibility index (Phi) is 4.75. The summed E-state index contributed by atoms with van der Waals surface area (Å²) in [5.41, 5.74) is 1.23. The van der Waals surface area contributed by atoms with Crippen molar-refractivity contribution in [3.63, 3.8) is 0 Å². The van der Waals surface area contributed by atoms with E-state index in [1.807, 2.05) is 0 Å². The van der Waals surface area contributed by atoms with E-state index in [4.69, 9.17) is 0 Å². The maximum atomic E-state index is 13.8. The molecule has 0 aliphatic carbocycles. The summed E-state index contributed by atoms with van der Waals surface area (Å²) in [6, 6.07) is 13.8. The molecule has 0 radical (unpaired) electrons. The van der Waals surface area contributed by atoms with Gasteiger partial charge in [-0.3, -0.25) is 8.71 Å². The molecule has 148 valence electrons. The van der Waals surface area contributed by atoms with Crippen LogP contribution in [0.25, 0.3) is 5.65 Å². The summed E-state index contributed by atoms with van der Waals surface area (Å²) in [7, 11) is -4.07. The van der Waals surface area contributed by atoms with Crippen molar-refractivity contribution in [1.29, 1.82) is 0 Å². The van der Waals surface area contributed by atoms with Crippen LogP contribution in [0.2, 0.25) is 0 Å². The van der Waals surface area contributed by atoms with Crippen LogP contribution in [-0.2, 0) is 16.6 Å². The minimum atomic E-state index is -4.07. The van der Waals surface area contributed by atoms with Crippen LogP contribution in [0, 0.1) is 18.6 Å². The molecule has 0 fully saturated rings. The van der Waals surface area contributed by atoms with E-state index in [1.165, 1.54) is 54.7 Å². The number of sulfonamides is 1. The maximum absolute atomic E-state index is 13.8. The molecule has 0 saturated carbocycles. The molecule has 0 amide bonds. The lowest BCUT2D eigenvalue weighted by atomic mass is 10.2. The predicted octanol–water partition coefficient (Wildman–Crippen LogP) is 3.71. The number of aryl methyl sites for hydroxylation is 1. The minimum Gasteiger partial charge on any atom is -0.285 e. The summed E-state index contributed by atoms with van der Waals surface area (Å²) in [5, 5.41) is 7.88. The third-order valence-electron chi connectivity index (χ3n) is 4.47. The second-order valence-corrected chi connectivity index (χ2v) is 8.32. The first-order valence-corrected chi connectivity index (χ1v) is 10.1. The van der Waals surface area contributed by atoms with Crippen LogP contribution in [-0.4, -0.2) is 23.0 Å². The van der Waals surface area contributed by atoms with E-state index in [0.717, 1.165) is 10.4 Å². The zero-order valence-corrected chi connectivity index (χ0v) is 16.1. The number of benzene rings is 2. The number of nitrogens with zero attached hydrogens (tertiary/aromatic N) is 4. The van der Waals surface area contributed by atoms with E-state index in [9.17, 15) is 17.2 Å². The molecule has 4 aromatic rings. The van der Waals surface area contributed by atoms with E-state index in [1.54, 1.807) is 17.4 Å². The van der Waals surface area contributed by atoms with Crippen molar-refractivity contribution >= 4 is 21.4 Å². The van der Waals surface area contributed by atoms with E-state index in [2.05, 4.69) is 10.2 Å². The SMILES string of the molecule is Cc1nnc2ccc(S(=O)(=O)N(Cc3ccc(F)cc3)c3cccc(F)c3)cn12. The van der Waals surface area contributed by atoms with Crippen molar-refractivity contribution in [3.8, 4) is 0 Å². The number of anilines is 1. The fourth-order valence-corrected chi connectivity index (χ4v) is 4.41. The van der Waals surface area contributed by atoms with E-state index < -0.39 is 21.7 Å². The average molecular weight is 414 g/mol. The fourth-order valence-electron chi connectivity index (χ4n) is 2.97. The summed E-state index contributed by atoms with van der Waals surface area (Å²) < 4.78 is 56.7. The second-order valence-electron chi connectivity index (χ2n) is 6.46. The molecular weight excluding hydrogens is 398 g/mol. The highest BCUT2D eigenvalue weighted by atomic mass is 32.2. The lowest BCUT2D eigenvalue weighted by molar-refractivity contribution is 0.589. The molecule has 0 aliphatic rings. The van der Waals surface area contributed by atoms with Crippen molar-refractivity contribution in [2.24, 2.45) is 0 Å². The Morgan fingerprint density at radius 3 is 2.45 bits per heavy atom. The summed E-state index contributed by atoms with van der Waals surface area (Å²) in [6.45, 7) is 1.62. The van der Waals surface area contributed by atoms with Crippen LogP contribution in [0.15, 0.2) is 71.8 Å². The number of rotatable bonds is 5. The first-order chi connectivity index (χ1) is 13.8. The number of pyridine rings is 1. The van der Waals surface area contributed by atoms with Crippen LogP contribution >= 0.6 is 0 Å². The van der Waals surface area contributed by atoms with Crippen molar-refractivity contribution < 1.29 is 17.2 Å². The predicted molar refractivity (Wildman–Crippen MR) is 104 cm³/mol. The van der Waals surface area contributed by atoms with E-state index in [0.29, 0.717) is 17.0 Å². The second kappa shape index (κ2) is 7.25. The smallest absolute Gasteiger partial charge is 0.266 e. The Labute approximate surface area is 166 Å². The summed E-state index contributed by atoms with van der Waals surface area (Å²) in [4.78, 5) is -0.000673. The van der Waals surface area contributed by atoms with Gasteiger partial charge < -0.3 is 0 Å². The van der Waals surface area contributed by atoms with Crippen LogP contribution in [0.1, 0.15) is 11.4 Å². The van der Waals surface area contributed by atoms with Gasteiger partial charge in [-0.25, -0.2) is 17.2 Å². The van der Waals surface area contributed by atoms with Crippen LogP contribution in [0.5, 0.6) is 0 Å². The lowest BCUT2D eigenvalue weighted by Gasteiger charge is -2.25. The molecule has 29 heavy (non-hydrogen) atoms. The molecule has 6 nitrogen and oxygen atoms in total. The lowest BCUT2D eigenvalue weighted by Crippen LogP contribution is -2.31. The highest BCUT2D eigenvalue weighted by Crippen LogP contribution is 2.27. The molecule has 0 spiro atoms. The Hall–Kier alpha value is -3.33. The molecule has 4 rings (SSSR count). The number of hydrogen-bond donors (Lipinski definition) is 0. The first kappa shape index (κ1) is 19.0. The number of hydrogen-bond acceptors (Lipinski definition) is 4.